The number of fused-ring (bicyclic) bond motifs is 1. The molecule has 0 fully saturated rings. The van der Waals surface area contributed by atoms with Gasteiger partial charge in [0, 0.05) is 12.7 Å². The highest BCUT2D eigenvalue weighted by molar-refractivity contribution is 7.92. The molecule has 146 valence electrons. The van der Waals surface area contributed by atoms with E-state index in [1.807, 2.05) is 6.07 Å². The van der Waals surface area contributed by atoms with E-state index in [-0.39, 0.29) is 15.5 Å². The van der Waals surface area contributed by atoms with Gasteiger partial charge in [-0.05, 0) is 73.2 Å². The molecule has 3 rings (SSSR count). The lowest BCUT2D eigenvalue weighted by Gasteiger charge is -2.17. The van der Waals surface area contributed by atoms with E-state index in [4.69, 9.17) is 4.84 Å². The van der Waals surface area contributed by atoms with Crippen molar-refractivity contribution in [3.63, 3.8) is 0 Å². The van der Waals surface area contributed by atoms with E-state index in [1.54, 1.807) is 12.1 Å². The van der Waals surface area contributed by atoms with Gasteiger partial charge in [0.1, 0.15) is 0 Å². The van der Waals surface area contributed by atoms with Crippen LogP contribution in [0.3, 0.4) is 0 Å². The number of aryl methyl sites for hydroxylation is 2. The zero-order chi connectivity index (χ0) is 19.7. The van der Waals surface area contributed by atoms with E-state index in [9.17, 15) is 16.8 Å². The molecule has 0 heterocycles. The van der Waals surface area contributed by atoms with Gasteiger partial charge >= 0.3 is 0 Å². The van der Waals surface area contributed by atoms with Crippen LogP contribution in [0, 0.1) is 0 Å². The molecule has 1 N–H and O–H groups in total. The second kappa shape index (κ2) is 7.59. The molecular weight excluding hydrogens is 388 g/mol. The predicted molar refractivity (Wildman–Crippen MR) is 102 cm³/mol. The van der Waals surface area contributed by atoms with Crippen molar-refractivity contribution in [1.82, 2.24) is 4.47 Å². The molecule has 0 aliphatic heterocycles. The number of hydroxylamine groups is 1. The monoisotopic (exact) mass is 410 g/mol. The average molecular weight is 411 g/mol. The number of nitrogens with zero attached hydrogens (tertiary/aromatic N) is 1. The Labute approximate surface area is 160 Å². The van der Waals surface area contributed by atoms with Crippen LogP contribution < -0.4 is 4.72 Å². The summed E-state index contributed by atoms with van der Waals surface area (Å²) in [7, 11) is -5.00. The van der Waals surface area contributed by atoms with Crippen LogP contribution in [0.1, 0.15) is 24.0 Å². The number of benzene rings is 2. The van der Waals surface area contributed by atoms with Crippen LogP contribution in [0.15, 0.2) is 52.3 Å². The number of rotatable bonds is 6. The van der Waals surface area contributed by atoms with E-state index in [0.29, 0.717) is 0 Å². The van der Waals surface area contributed by atoms with Crippen LogP contribution in [0.5, 0.6) is 0 Å². The summed E-state index contributed by atoms with van der Waals surface area (Å²) in [5.74, 6) is 0. The Morgan fingerprint density at radius 1 is 0.889 bits per heavy atom. The second-order valence-corrected chi connectivity index (χ2v) is 9.98. The Morgan fingerprint density at radius 3 is 2.11 bits per heavy atom. The lowest BCUT2D eigenvalue weighted by atomic mass is 9.92. The van der Waals surface area contributed by atoms with Crippen molar-refractivity contribution in [2.45, 2.75) is 35.5 Å². The molecule has 0 aromatic heterocycles. The molecule has 0 atom stereocenters. The number of sulfonamides is 2. The zero-order valence-corrected chi connectivity index (χ0v) is 16.8. The summed E-state index contributed by atoms with van der Waals surface area (Å²) in [6.45, 7) is 0. The first-order valence-corrected chi connectivity index (χ1v) is 11.4. The number of anilines is 1. The highest BCUT2D eigenvalue weighted by atomic mass is 32.2. The van der Waals surface area contributed by atoms with E-state index in [0.717, 1.165) is 35.7 Å². The first kappa shape index (κ1) is 19.8. The summed E-state index contributed by atoms with van der Waals surface area (Å²) in [6.07, 6.45) is 4.06. The van der Waals surface area contributed by atoms with Crippen molar-refractivity contribution in [3.05, 3.63) is 53.6 Å². The molecule has 0 bridgehead atoms. The molecule has 1 aliphatic rings. The lowest BCUT2D eigenvalue weighted by molar-refractivity contribution is -0.0258. The first-order chi connectivity index (χ1) is 12.7. The third-order valence-electron chi connectivity index (χ3n) is 4.63. The molecule has 27 heavy (non-hydrogen) atoms. The summed E-state index contributed by atoms with van der Waals surface area (Å²) in [5.41, 5.74) is 2.57. The quantitative estimate of drug-likeness (QED) is 0.739. The third kappa shape index (κ3) is 4.16. The van der Waals surface area contributed by atoms with Gasteiger partial charge in [-0.3, -0.25) is 9.56 Å². The predicted octanol–water partition coefficient (Wildman–Crippen LogP) is 2.55. The van der Waals surface area contributed by atoms with E-state index in [1.165, 1.54) is 44.0 Å². The van der Waals surface area contributed by atoms with E-state index in [2.05, 4.69) is 4.72 Å². The normalized spacial score (nSPS) is 14.8. The maximum Gasteiger partial charge on any atom is 0.264 e. The van der Waals surface area contributed by atoms with Gasteiger partial charge in [-0.25, -0.2) is 16.8 Å². The van der Waals surface area contributed by atoms with Gasteiger partial charge in [-0.15, -0.1) is 0 Å². The Kier molecular flexibility index (Phi) is 5.57. The van der Waals surface area contributed by atoms with E-state index < -0.39 is 20.0 Å². The summed E-state index contributed by atoms with van der Waals surface area (Å²) >= 11 is 0. The molecule has 2 aromatic carbocycles. The van der Waals surface area contributed by atoms with Gasteiger partial charge in [-0.1, -0.05) is 10.5 Å². The van der Waals surface area contributed by atoms with E-state index >= 15 is 0 Å². The fourth-order valence-electron chi connectivity index (χ4n) is 3.03. The van der Waals surface area contributed by atoms with Crippen LogP contribution in [0.25, 0.3) is 0 Å². The summed E-state index contributed by atoms with van der Waals surface area (Å²) < 4.78 is 52.9. The minimum atomic E-state index is -3.78. The zero-order valence-electron chi connectivity index (χ0n) is 15.2. The van der Waals surface area contributed by atoms with Crippen LogP contribution >= 0.6 is 0 Å². The van der Waals surface area contributed by atoms with Gasteiger partial charge in [0.05, 0.1) is 16.9 Å². The molecule has 1 aliphatic carbocycles. The van der Waals surface area contributed by atoms with Crippen molar-refractivity contribution in [1.29, 1.82) is 0 Å². The SMILES string of the molecule is CON(C)S(=O)(=O)c1ccc(NS(=O)(=O)c2ccc3c(c2)CCCC3)cc1. The maximum absolute atomic E-state index is 12.7. The Bertz CT molecular complexity index is 1030. The lowest BCUT2D eigenvalue weighted by Crippen LogP contribution is -2.25. The topological polar surface area (TPSA) is 92.8 Å². The Morgan fingerprint density at radius 2 is 1.48 bits per heavy atom. The van der Waals surface area contributed by atoms with Crippen molar-refractivity contribution >= 4 is 25.7 Å². The van der Waals surface area contributed by atoms with Gasteiger partial charge in [-0.2, -0.15) is 0 Å². The largest absolute Gasteiger partial charge is 0.288 e. The number of hydrogen-bond acceptors (Lipinski definition) is 5. The number of hydrogen-bond donors (Lipinski definition) is 1. The maximum atomic E-state index is 12.7. The molecule has 0 radical (unpaired) electrons. The Hall–Kier alpha value is -1.94. The first-order valence-electron chi connectivity index (χ1n) is 8.52. The molecular formula is C18H22N2O5S2. The highest BCUT2D eigenvalue weighted by Gasteiger charge is 2.22. The molecule has 0 amide bonds. The van der Waals surface area contributed by atoms with Crippen molar-refractivity contribution in [2.75, 3.05) is 18.9 Å². The Balaban J connectivity index is 1.82. The summed E-state index contributed by atoms with van der Waals surface area (Å²) in [6, 6.07) is 10.7. The number of nitrogens with one attached hydrogen (secondary N) is 1. The van der Waals surface area contributed by atoms with Crippen molar-refractivity contribution in [2.24, 2.45) is 0 Å². The summed E-state index contributed by atoms with van der Waals surface area (Å²) in [4.78, 5) is 4.93. The van der Waals surface area contributed by atoms with Gasteiger partial charge in [0.2, 0.25) is 0 Å². The van der Waals surface area contributed by atoms with Crippen LogP contribution in [-0.4, -0.2) is 35.5 Å². The van der Waals surface area contributed by atoms with Gasteiger partial charge < -0.3 is 0 Å². The second-order valence-electron chi connectivity index (χ2n) is 6.36. The van der Waals surface area contributed by atoms with Crippen molar-refractivity contribution < 1.29 is 21.7 Å². The highest BCUT2D eigenvalue weighted by Crippen LogP contribution is 2.26. The fourth-order valence-corrected chi connectivity index (χ4v) is 5.11. The molecule has 9 heteroatoms. The molecule has 2 aromatic rings. The molecule has 0 saturated heterocycles. The van der Waals surface area contributed by atoms with Crippen molar-refractivity contribution in [3.8, 4) is 0 Å². The molecule has 0 unspecified atom stereocenters. The minimum Gasteiger partial charge on any atom is -0.288 e. The molecule has 0 saturated carbocycles. The standard InChI is InChI=1S/C18H22N2O5S2/c1-20(25-2)27(23,24)17-11-8-16(9-12-17)19-26(21,22)18-10-7-14-5-3-4-6-15(14)13-18/h7-13,19H,3-6H2,1-2H3. The van der Waals surface area contributed by atoms with Gasteiger partial charge in [0.15, 0.2) is 0 Å². The smallest absolute Gasteiger partial charge is 0.264 e. The average Bonchev–Trinajstić information content (AvgIpc) is 2.67. The fraction of sp³-hybridized carbons (Fsp3) is 0.333. The summed E-state index contributed by atoms with van der Waals surface area (Å²) in [5, 5.41) is 0. The molecule has 0 spiro atoms. The van der Waals surface area contributed by atoms with Crippen LogP contribution in [0.2, 0.25) is 0 Å². The van der Waals surface area contributed by atoms with Crippen LogP contribution in [-0.2, 0) is 37.7 Å². The van der Waals surface area contributed by atoms with Crippen LogP contribution in [0.4, 0.5) is 5.69 Å². The molecule has 7 nitrogen and oxygen atoms in total. The van der Waals surface area contributed by atoms with Gasteiger partial charge in [0.25, 0.3) is 20.0 Å². The third-order valence-corrected chi connectivity index (χ3v) is 7.70. The minimum absolute atomic E-state index is 0.00331.